The smallest absolute Gasteiger partial charge is 0.00178 e. The molecule has 0 aromatic carbocycles. The largest absolute Gasteiger partial charge is 0.316 e. The molecular formula is C13H27N. The van der Waals surface area contributed by atoms with E-state index in [-0.39, 0.29) is 0 Å². The van der Waals surface area contributed by atoms with Gasteiger partial charge in [0.15, 0.2) is 0 Å². The first kappa shape index (κ1) is 12.0. The van der Waals surface area contributed by atoms with Gasteiger partial charge in [-0.2, -0.15) is 0 Å². The summed E-state index contributed by atoms with van der Waals surface area (Å²) in [6.07, 6.45) is 4.45. The van der Waals surface area contributed by atoms with Gasteiger partial charge < -0.3 is 5.32 Å². The van der Waals surface area contributed by atoms with Crippen molar-refractivity contribution in [2.24, 2.45) is 23.7 Å². The van der Waals surface area contributed by atoms with Gasteiger partial charge in [-0.25, -0.2) is 0 Å². The summed E-state index contributed by atoms with van der Waals surface area (Å²) in [7, 11) is 0. The maximum atomic E-state index is 3.52. The van der Waals surface area contributed by atoms with E-state index < -0.39 is 0 Å². The molecule has 2 fully saturated rings. The third kappa shape index (κ3) is 2.73. The van der Waals surface area contributed by atoms with Gasteiger partial charge in [-0.1, -0.05) is 27.7 Å². The topological polar surface area (TPSA) is 12.0 Å². The third-order valence-corrected chi connectivity index (χ3v) is 3.92. The Balaban J connectivity index is 0.000000461. The maximum absolute atomic E-state index is 3.52. The molecule has 1 aliphatic heterocycles. The third-order valence-electron chi connectivity index (χ3n) is 3.92. The highest BCUT2D eigenvalue weighted by Gasteiger charge is 2.36. The molecule has 1 heterocycles. The first-order valence-corrected chi connectivity index (χ1v) is 6.48. The molecule has 1 saturated carbocycles. The van der Waals surface area contributed by atoms with Crippen LogP contribution in [0.1, 0.15) is 47.0 Å². The lowest BCUT2D eigenvalue weighted by atomic mass is 9.90. The minimum atomic E-state index is 0.913. The van der Waals surface area contributed by atoms with Crippen molar-refractivity contribution < 1.29 is 0 Å². The number of nitrogens with one attached hydrogen (secondary N) is 1. The molecule has 84 valence electrons. The highest BCUT2D eigenvalue weighted by atomic mass is 14.9. The van der Waals surface area contributed by atoms with Crippen LogP contribution in [0.4, 0.5) is 0 Å². The average Bonchev–Trinajstić information content (AvgIpc) is 2.64. The van der Waals surface area contributed by atoms with Crippen LogP contribution < -0.4 is 5.32 Å². The molecule has 0 radical (unpaired) electrons. The van der Waals surface area contributed by atoms with E-state index in [1.807, 2.05) is 13.8 Å². The SMILES string of the molecule is CC.CC(C)C1CC2CCNCC2C1. The second-order valence-electron chi connectivity index (χ2n) is 4.99. The van der Waals surface area contributed by atoms with Gasteiger partial charge in [0.1, 0.15) is 0 Å². The van der Waals surface area contributed by atoms with Crippen LogP contribution in [0.25, 0.3) is 0 Å². The van der Waals surface area contributed by atoms with Crippen LogP contribution in [0.5, 0.6) is 0 Å². The van der Waals surface area contributed by atoms with Crippen LogP contribution in [0.15, 0.2) is 0 Å². The normalized spacial score (nSPS) is 36.2. The molecule has 2 aliphatic rings. The fraction of sp³-hybridized carbons (Fsp3) is 1.00. The van der Waals surface area contributed by atoms with Crippen molar-refractivity contribution in [3.05, 3.63) is 0 Å². The molecule has 0 aromatic heterocycles. The first-order valence-electron chi connectivity index (χ1n) is 6.48. The average molecular weight is 197 g/mol. The highest BCUT2D eigenvalue weighted by Crippen LogP contribution is 2.42. The van der Waals surface area contributed by atoms with E-state index in [4.69, 9.17) is 0 Å². The van der Waals surface area contributed by atoms with Crippen molar-refractivity contribution in [3.63, 3.8) is 0 Å². The predicted molar refractivity (Wildman–Crippen MR) is 63.4 cm³/mol. The molecule has 2 rings (SSSR count). The van der Waals surface area contributed by atoms with E-state index in [2.05, 4.69) is 19.2 Å². The van der Waals surface area contributed by atoms with Crippen molar-refractivity contribution in [1.82, 2.24) is 5.32 Å². The fourth-order valence-corrected chi connectivity index (χ4v) is 2.98. The number of hydrogen-bond donors (Lipinski definition) is 1. The molecule has 0 amide bonds. The quantitative estimate of drug-likeness (QED) is 0.680. The number of rotatable bonds is 1. The standard InChI is InChI=1S/C11H21N.C2H6/c1-8(2)10-5-9-3-4-12-7-11(9)6-10;1-2/h8-12H,3-7H2,1-2H3;1-2H3. The Bertz CT molecular complexity index is 139. The van der Waals surface area contributed by atoms with Crippen molar-refractivity contribution in [2.75, 3.05) is 13.1 Å². The van der Waals surface area contributed by atoms with Crippen LogP contribution in [0.3, 0.4) is 0 Å². The van der Waals surface area contributed by atoms with Crippen LogP contribution in [0, 0.1) is 23.7 Å². The van der Waals surface area contributed by atoms with E-state index in [1.54, 1.807) is 0 Å². The van der Waals surface area contributed by atoms with Crippen molar-refractivity contribution in [1.29, 1.82) is 0 Å². The fourth-order valence-electron chi connectivity index (χ4n) is 2.98. The second kappa shape index (κ2) is 5.75. The molecule has 1 saturated heterocycles. The summed E-state index contributed by atoms with van der Waals surface area (Å²) in [5.41, 5.74) is 0. The summed E-state index contributed by atoms with van der Waals surface area (Å²) in [4.78, 5) is 0. The van der Waals surface area contributed by atoms with Gasteiger partial charge in [0.05, 0.1) is 0 Å². The second-order valence-corrected chi connectivity index (χ2v) is 4.99. The summed E-state index contributed by atoms with van der Waals surface area (Å²) in [5.74, 6) is 4.03. The zero-order chi connectivity index (χ0) is 10.6. The Hall–Kier alpha value is -0.0400. The van der Waals surface area contributed by atoms with E-state index >= 15 is 0 Å². The molecule has 1 heteroatoms. The van der Waals surface area contributed by atoms with Crippen molar-refractivity contribution >= 4 is 0 Å². The molecular weight excluding hydrogens is 170 g/mol. The number of piperidine rings is 1. The molecule has 0 aromatic rings. The number of hydrogen-bond acceptors (Lipinski definition) is 1. The van der Waals surface area contributed by atoms with E-state index in [9.17, 15) is 0 Å². The summed E-state index contributed by atoms with van der Waals surface area (Å²) >= 11 is 0. The van der Waals surface area contributed by atoms with E-state index in [0.29, 0.717) is 0 Å². The lowest BCUT2D eigenvalue weighted by Crippen LogP contribution is -2.33. The van der Waals surface area contributed by atoms with Gasteiger partial charge in [-0.3, -0.25) is 0 Å². The molecule has 14 heavy (non-hydrogen) atoms. The van der Waals surface area contributed by atoms with Crippen molar-refractivity contribution in [3.8, 4) is 0 Å². The molecule has 1 aliphatic carbocycles. The van der Waals surface area contributed by atoms with E-state index in [0.717, 1.165) is 23.7 Å². The van der Waals surface area contributed by atoms with Crippen LogP contribution in [0.2, 0.25) is 0 Å². The lowest BCUT2D eigenvalue weighted by Gasteiger charge is -2.25. The van der Waals surface area contributed by atoms with Crippen LogP contribution in [-0.4, -0.2) is 13.1 Å². The monoisotopic (exact) mass is 197 g/mol. The first-order chi connectivity index (χ1) is 6.77. The molecule has 3 unspecified atom stereocenters. The van der Waals surface area contributed by atoms with Gasteiger partial charge in [0.25, 0.3) is 0 Å². The minimum absolute atomic E-state index is 0.913. The zero-order valence-corrected chi connectivity index (χ0v) is 10.3. The van der Waals surface area contributed by atoms with E-state index in [1.165, 1.54) is 32.4 Å². The van der Waals surface area contributed by atoms with Crippen LogP contribution >= 0.6 is 0 Å². The molecule has 3 atom stereocenters. The van der Waals surface area contributed by atoms with Gasteiger partial charge >= 0.3 is 0 Å². The summed E-state index contributed by atoms with van der Waals surface area (Å²) in [6.45, 7) is 11.3. The van der Waals surface area contributed by atoms with Crippen molar-refractivity contribution in [2.45, 2.75) is 47.0 Å². The zero-order valence-electron chi connectivity index (χ0n) is 10.3. The summed E-state index contributed by atoms with van der Waals surface area (Å²) in [5, 5.41) is 3.52. The Labute approximate surface area is 89.7 Å². The molecule has 1 N–H and O–H groups in total. The Kier molecular flexibility index (Phi) is 4.94. The molecule has 1 nitrogen and oxygen atoms in total. The summed E-state index contributed by atoms with van der Waals surface area (Å²) < 4.78 is 0. The highest BCUT2D eigenvalue weighted by molar-refractivity contribution is 4.88. The maximum Gasteiger partial charge on any atom is -0.00178 e. The Morgan fingerprint density at radius 2 is 1.71 bits per heavy atom. The molecule has 0 bridgehead atoms. The number of fused-ring (bicyclic) bond motifs is 1. The Morgan fingerprint density at radius 3 is 2.29 bits per heavy atom. The predicted octanol–water partition coefficient (Wildman–Crippen LogP) is 3.30. The van der Waals surface area contributed by atoms with Gasteiger partial charge in [0.2, 0.25) is 0 Å². The van der Waals surface area contributed by atoms with Gasteiger partial charge in [-0.05, 0) is 56.0 Å². The lowest BCUT2D eigenvalue weighted by molar-refractivity contribution is 0.295. The van der Waals surface area contributed by atoms with Gasteiger partial charge in [0, 0.05) is 0 Å². The molecule has 0 spiro atoms. The Morgan fingerprint density at radius 1 is 1.07 bits per heavy atom. The summed E-state index contributed by atoms with van der Waals surface area (Å²) in [6, 6.07) is 0. The minimum Gasteiger partial charge on any atom is -0.316 e. The van der Waals surface area contributed by atoms with Crippen LogP contribution in [-0.2, 0) is 0 Å². The van der Waals surface area contributed by atoms with Gasteiger partial charge in [-0.15, -0.1) is 0 Å².